The minimum Gasteiger partial charge on any atom is -0.486 e. The lowest BCUT2D eigenvalue weighted by molar-refractivity contribution is 0.0994. The highest BCUT2D eigenvalue weighted by Gasteiger charge is 2.17. The van der Waals surface area contributed by atoms with E-state index in [1.54, 1.807) is 0 Å². The third-order valence-corrected chi connectivity index (χ3v) is 5.06. The number of hydrogen-bond donors (Lipinski definition) is 0. The number of aromatic nitrogens is 1. The largest absolute Gasteiger partial charge is 0.486 e. The number of rotatable bonds is 2. The van der Waals surface area contributed by atoms with Crippen molar-refractivity contribution in [3.63, 3.8) is 0 Å². The van der Waals surface area contributed by atoms with E-state index in [2.05, 4.69) is 4.99 Å². The maximum Gasteiger partial charge on any atom is 0.282 e. The molecule has 0 atom stereocenters. The van der Waals surface area contributed by atoms with Gasteiger partial charge < -0.3 is 14.0 Å². The van der Waals surface area contributed by atoms with E-state index in [1.165, 1.54) is 11.3 Å². The molecule has 1 aliphatic rings. The zero-order valence-electron chi connectivity index (χ0n) is 13.8. The van der Waals surface area contributed by atoms with Crippen molar-refractivity contribution >= 4 is 27.5 Å². The Kier molecular flexibility index (Phi) is 4.20. The lowest BCUT2D eigenvalue weighted by Gasteiger charge is -2.18. The summed E-state index contributed by atoms with van der Waals surface area (Å²) < 4.78 is 40.8. The van der Waals surface area contributed by atoms with Crippen molar-refractivity contribution in [1.82, 2.24) is 4.57 Å². The van der Waals surface area contributed by atoms with E-state index >= 15 is 0 Å². The van der Waals surface area contributed by atoms with Crippen LogP contribution in [0.15, 0.2) is 35.3 Å². The van der Waals surface area contributed by atoms with E-state index in [-0.39, 0.29) is 5.56 Å². The Bertz CT molecular complexity index is 1090. The number of nitrogens with zero attached hydrogens (tertiary/aromatic N) is 2. The third kappa shape index (κ3) is 2.86. The van der Waals surface area contributed by atoms with Gasteiger partial charge in [0.15, 0.2) is 16.3 Å². The quantitative estimate of drug-likeness (QED) is 0.688. The smallest absolute Gasteiger partial charge is 0.282 e. The van der Waals surface area contributed by atoms with Crippen LogP contribution in [0.5, 0.6) is 11.5 Å². The standard InChI is InChI=1S/C18H14F2N2O3S/c1-2-22-13-8-14-15(25-6-5-24-14)9-16(13)26-18(22)21-17(23)11-4-3-10(19)7-12(11)20/h3-4,7-9H,2,5-6H2,1H3. The Labute approximate surface area is 151 Å². The van der Waals surface area contributed by atoms with Gasteiger partial charge in [0, 0.05) is 24.7 Å². The van der Waals surface area contributed by atoms with Crippen molar-refractivity contribution in [2.75, 3.05) is 13.2 Å². The van der Waals surface area contributed by atoms with Crippen LogP contribution in [-0.4, -0.2) is 23.7 Å². The average molecular weight is 376 g/mol. The Hall–Kier alpha value is -2.74. The summed E-state index contributed by atoms with van der Waals surface area (Å²) in [7, 11) is 0. The third-order valence-electron chi connectivity index (χ3n) is 4.02. The second-order valence-electron chi connectivity index (χ2n) is 5.63. The van der Waals surface area contributed by atoms with Crippen LogP contribution in [-0.2, 0) is 6.54 Å². The Morgan fingerprint density at radius 2 is 1.92 bits per heavy atom. The molecule has 0 radical (unpaired) electrons. The molecular formula is C18H14F2N2O3S. The first kappa shape index (κ1) is 16.7. The van der Waals surface area contributed by atoms with Crippen molar-refractivity contribution in [2.24, 2.45) is 4.99 Å². The number of hydrogen-bond acceptors (Lipinski definition) is 4. The van der Waals surface area contributed by atoms with E-state index in [9.17, 15) is 13.6 Å². The molecule has 1 aromatic heterocycles. The molecule has 0 N–H and O–H groups in total. The number of carbonyl (C=O) groups excluding carboxylic acids is 1. The summed E-state index contributed by atoms with van der Waals surface area (Å²) in [5.74, 6) is -1.13. The molecule has 26 heavy (non-hydrogen) atoms. The van der Waals surface area contributed by atoms with Gasteiger partial charge in [-0.1, -0.05) is 11.3 Å². The molecule has 4 rings (SSSR count). The average Bonchev–Trinajstić information content (AvgIpc) is 2.95. The van der Waals surface area contributed by atoms with Gasteiger partial charge in [0.2, 0.25) is 0 Å². The summed E-state index contributed by atoms with van der Waals surface area (Å²) in [4.78, 5) is 16.8. The zero-order chi connectivity index (χ0) is 18.3. The van der Waals surface area contributed by atoms with Gasteiger partial charge in [-0.2, -0.15) is 4.99 Å². The SMILES string of the molecule is CCn1c(=NC(=O)c2ccc(F)cc2F)sc2cc3c(cc21)OCCO3. The molecule has 8 heteroatoms. The predicted molar refractivity (Wildman–Crippen MR) is 92.7 cm³/mol. The Morgan fingerprint density at radius 3 is 2.62 bits per heavy atom. The second-order valence-corrected chi connectivity index (χ2v) is 6.64. The first-order valence-electron chi connectivity index (χ1n) is 8.04. The van der Waals surface area contributed by atoms with Crippen LogP contribution in [0.25, 0.3) is 10.2 Å². The van der Waals surface area contributed by atoms with Crippen molar-refractivity contribution < 1.29 is 23.0 Å². The highest BCUT2D eigenvalue weighted by Crippen LogP contribution is 2.35. The number of thiazole rings is 1. The molecule has 3 aromatic rings. The van der Waals surface area contributed by atoms with Crippen LogP contribution in [0.3, 0.4) is 0 Å². The second kappa shape index (κ2) is 6.53. The van der Waals surface area contributed by atoms with Gasteiger partial charge in [0.25, 0.3) is 5.91 Å². The topological polar surface area (TPSA) is 52.8 Å². The summed E-state index contributed by atoms with van der Waals surface area (Å²) in [5.41, 5.74) is 0.588. The van der Waals surface area contributed by atoms with E-state index < -0.39 is 17.5 Å². The van der Waals surface area contributed by atoms with Gasteiger partial charge in [-0.05, 0) is 19.1 Å². The molecule has 2 heterocycles. The lowest BCUT2D eigenvalue weighted by atomic mass is 10.2. The van der Waals surface area contributed by atoms with Crippen molar-refractivity contribution in [1.29, 1.82) is 0 Å². The predicted octanol–water partition coefficient (Wildman–Crippen LogP) is 3.51. The highest BCUT2D eigenvalue weighted by molar-refractivity contribution is 7.16. The van der Waals surface area contributed by atoms with Gasteiger partial charge >= 0.3 is 0 Å². The fourth-order valence-electron chi connectivity index (χ4n) is 2.81. The molecule has 134 valence electrons. The van der Waals surface area contributed by atoms with E-state index in [1.807, 2.05) is 23.6 Å². The van der Waals surface area contributed by atoms with Gasteiger partial charge in [-0.25, -0.2) is 8.78 Å². The fraction of sp³-hybridized carbons (Fsp3) is 0.222. The number of amides is 1. The van der Waals surface area contributed by atoms with Crippen molar-refractivity contribution in [3.8, 4) is 11.5 Å². The zero-order valence-corrected chi connectivity index (χ0v) is 14.6. The van der Waals surface area contributed by atoms with Crippen LogP contribution in [0.1, 0.15) is 17.3 Å². The molecule has 1 amide bonds. The summed E-state index contributed by atoms with van der Waals surface area (Å²) in [6, 6.07) is 6.51. The number of benzene rings is 2. The Morgan fingerprint density at radius 1 is 1.19 bits per heavy atom. The molecule has 1 aliphatic heterocycles. The van der Waals surface area contributed by atoms with E-state index in [4.69, 9.17) is 9.47 Å². The van der Waals surface area contributed by atoms with Crippen LogP contribution in [0, 0.1) is 11.6 Å². The molecule has 0 saturated carbocycles. The summed E-state index contributed by atoms with van der Waals surface area (Å²) in [6.45, 7) is 3.45. The fourth-order valence-corrected chi connectivity index (χ4v) is 3.91. The molecule has 0 spiro atoms. The molecule has 0 bridgehead atoms. The minimum atomic E-state index is -0.930. The molecule has 2 aromatic carbocycles. The molecule has 0 unspecified atom stereocenters. The monoisotopic (exact) mass is 376 g/mol. The maximum absolute atomic E-state index is 13.8. The number of ether oxygens (including phenoxy) is 2. The first-order chi connectivity index (χ1) is 12.6. The van der Waals surface area contributed by atoms with Crippen LogP contribution >= 0.6 is 11.3 Å². The van der Waals surface area contributed by atoms with Crippen LogP contribution < -0.4 is 14.3 Å². The summed E-state index contributed by atoms with van der Waals surface area (Å²) in [6.07, 6.45) is 0. The summed E-state index contributed by atoms with van der Waals surface area (Å²) >= 11 is 1.30. The van der Waals surface area contributed by atoms with Gasteiger partial charge in [-0.3, -0.25) is 4.79 Å². The molecule has 0 aliphatic carbocycles. The van der Waals surface area contributed by atoms with Crippen LogP contribution in [0.2, 0.25) is 0 Å². The molecule has 0 fully saturated rings. The normalized spacial score (nSPS) is 14.0. The lowest BCUT2D eigenvalue weighted by Crippen LogP contribution is -2.17. The number of fused-ring (bicyclic) bond motifs is 2. The van der Waals surface area contributed by atoms with E-state index in [0.717, 1.165) is 22.3 Å². The maximum atomic E-state index is 13.8. The number of aryl methyl sites for hydroxylation is 1. The van der Waals surface area contributed by atoms with Crippen molar-refractivity contribution in [2.45, 2.75) is 13.5 Å². The van der Waals surface area contributed by atoms with Crippen molar-refractivity contribution in [3.05, 3.63) is 52.3 Å². The Balaban J connectivity index is 1.85. The molecule has 0 saturated heterocycles. The van der Waals surface area contributed by atoms with E-state index in [0.29, 0.717) is 42.1 Å². The molecular weight excluding hydrogens is 362 g/mol. The van der Waals surface area contributed by atoms with Gasteiger partial charge in [0.1, 0.15) is 24.8 Å². The van der Waals surface area contributed by atoms with Gasteiger partial charge in [-0.15, -0.1) is 0 Å². The molecule has 5 nitrogen and oxygen atoms in total. The highest BCUT2D eigenvalue weighted by atomic mass is 32.1. The van der Waals surface area contributed by atoms with Crippen LogP contribution in [0.4, 0.5) is 8.78 Å². The van der Waals surface area contributed by atoms with Gasteiger partial charge in [0.05, 0.1) is 15.8 Å². The first-order valence-corrected chi connectivity index (χ1v) is 8.85. The minimum absolute atomic E-state index is 0.266. The number of carbonyl (C=O) groups is 1. The summed E-state index contributed by atoms with van der Waals surface area (Å²) in [5, 5.41) is 0. The number of halogens is 2.